The topological polar surface area (TPSA) is 108 Å². The summed E-state index contributed by atoms with van der Waals surface area (Å²) in [5, 5.41) is 12.0. The minimum Gasteiger partial charge on any atom is -0.459 e. The van der Waals surface area contributed by atoms with Crippen molar-refractivity contribution in [2.45, 2.75) is 219 Å². The number of carbonyl (C=O) groups excluding carboxylic acids is 3. The lowest BCUT2D eigenvalue weighted by atomic mass is 9.57. The van der Waals surface area contributed by atoms with Crippen LogP contribution in [0.25, 0.3) is 0 Å². The van der Waals surface area contributed by atoms with Gasteiger partial charge in [-0.05, 0) is 64.7 Å². The largest absolute Gasteiger partial charge is 0.459 e. The highest BCUT2D eigenvalue weighted by Crippen LogP contribution is 2.58. The highest BCUT2D eigenvalue weighted by atomic mass is 16.6. The maximum Gasteiger partial charge on any atom is 0.306 e. The van der Waals surface area contributed by atoms with Crippen LogP contribution < -0.4 is 0 Å². The standard InChI is InChI=1S/C41H72O8/c1-9-10-11-12-13-14-15-16-17-18-19-20-21-22-23-35(44)47-34-25-27-41(8,49-31(5)43)38-36-32(29(2)3)24-26-40(7,48-30(4)42)37(36)33(46-38)28-39(34,6)45/h29,32-34,36-38,45H,9-28H2,1-8H3/t32-,33-,34+,36-,37-,38-,39+,40-,41-/m0/s1. The van der Waals surface area contributed by atoms with E-state index >= 15 is 0 Å². The summed E-state index contributed by atoms with van der Waals surface area (Å²) in [5.74, 6) is -0.693. The van der Waals surface area contributed by atoms with E-state index in [0.29, 0.717) is 31.6 Å². The SMILES string of the molecule is CCCCCCCCCCCCCCCCC(=O)O[C@@H]1CC[C@](C)(OC(C)=O)[C@H]2O[C@@H](C[C@@]1(C)O)[C@H]1[C@@H]2[C@H](C(C)C)CC[C@]1(C)OC(C)=O. The van der Waals surface area contributed by atoms with Crippen molar-refractivity contribution in [3.63, 3.8) is 0 Å². The van der Waals surface area contributed by atoms with E-state index < -0.39 is 41.1 Å². The zero-order valence-electron chi connectivity index (χ0n) is 32.5. The number of ether oxygens (including phenoxy) is 4. The molecule has 0 aromatic carbocycles. The van der Waals surface area contributed by atoms with Crippen LogP contribution in [0.5, 0.6) is 0 Å². The second-order valence-electron chi connectivity index (χ2n) is 16.9. The third kappa shape index (κ3) is 11.9. The minimum absolute atomic E-state index is 0.0392. The smallest absolute Gasteiger partial charge is 0.306 e. The molecule has 0 aromatic rings. The fourth-order valence-corrected chi connectivity index (χ4v) is 9.57. The van der Waals surface area contributed by atoms with Gasteiger partial charge < -0.3 is 24.1 Å². The highest BCUT2D eigenvalue weighted by Gasteiger charge is 2.65. The van der Waals surface area contributed by atoms with Gasteiger partial charge in [-0.1, -0.05) is 104 Å². The Labute approximate surface area is 298 Å². The number of unbranched alkanes of at least 4 members (excludes halogenated alkanes) is 13. The van der Waals surface area contributed by atoms with E-state index in [0.717, 1.165) is 25.7 Å². The molecule has 0 amide bonds. The molecule has 0 aromatic heterocycles. The Hall–Kier alpha value is -1.67. The summed E-state index contributed by atoms with van der Waals surface area (Å²) in [6, 6.07) is 0. The van der Waals surface area contributed by atoms with Crippen LogP contribution in [-0.2, 0) is 33.3 Å². The molecule has 3 fully saturated rings. The van der Waals surface area contributed by atoms with E-state index in [1.807, 2.05) is 13.8 Å². The van der Waals surface area contributed by atoms with Crippen molar-refractivity contribution in [3.05, 3.63) is 0 Å². The summed E-state index contributed by atoms with van der Waals surface area (Å²) in [6.45, 7) is 15.2. The fourth-order valence-electron chi connectivity index (χ4n) is 9.57. The Bertz CT molecular complexity index is 1040. The number of carbonyl (C=O) groups is 3. The molecule has 0 radical (unpaired) electrons. The van der Waals surface area contributed by atoms with Gasteiger partial charge in [-0.25, -0.2) is 0 Å². The fraction of sp³-hybridized carbons (Fsp3) is 0.927. The number of esters is 3. The molecule has 1 saturated carbocycles. The van der Waals surface area contributed by atoms with E-state index in [1.54, 1.807) is 6.92 Å². The number of hydrogen-bond donors (Lipinski definition) is 1. The van der Waals surface area contributed by atoms with E-state index in [4.69, 9.17) is 18.9 Å². The lowest BCUT2D eigenvalue weighted by molar-refractivity contribution is -0.185. The van der Waals surface area contributed by atoms with Crippen LogP contribution in [0.2, 0.25) is 0 Å². The normalized spacial score (nSPS) is 34.4. The molecule has 2 saturated heterocycles. The van der Waals surface area contributed by atoms with Crippen LogP contribution in [-0.4, -0.2) is 58.1 Å². The average molecular weight is 693 g/mol. The zero-order valence-corrected chi connectivity index (χ0v) is 32.5. The van der Waals surface area contributed by atoms with Gasteiger partial charge in [0.1, 0.15) is 29.0 Å². The first kappa shape index (κ1) is 41.7. The van der Waals surface area contributed by atoms with Gasteiger partial charge in [0.05, 0.1) is 6.10 Å². The molecule has 8 nitrogen and oxygen atoms in total. The van der Waals surface area contributed by atoms with Crippen molar-refractivity contribution >= 4 is 17.9 Å². The Balaban J connectivity index is 1.60. The maximum atomic E-state index is 13.2. The van der Waals surface area contributed by atoms with Crippen molar-refractivity contribution < 1.29 is 38.4 Å². The third-order valence-electron chi connectivity index (χ3n) is 12.1. The first-order chi connectivity index (χ1) is 23.1. The minimum atomic E-state index is -1.39. The predicted molar refractivity (Wildman–Crippen MR) is 193 cm³/mol. The van der Waals surface area contributed by atoms with Gasteiger partial charge in [0, 0.05) is 38.5 Å². The van der Waals surface area contributed by atoms with Gasteiger partial charge in [-0.2, -0.15) is 0 Å². The van der Waals surface area contributed by atoms with E-state index in [9.17, 15) is 19.5 Å². The van der Waals surface area contributed by atoms with Gasteiger partial charge in [0.25, 0.3) is 0 Å². The molecular weight excluding hydrogens is 620 g/mol. The van der Waals surface area contributed by atoms with Gasteiger partial charge in [-0.3, -0.25) is 14.4 Å². The first-order valence-corrected chi connectivity index (χ1v) is 20.1. The maximum absolute atomic E-state index is 13.2. The van der Waals surface area contributed by atoms with Gasteiger partial charge in [0.2, 0.25) is 0 Å². The second-order valence-corrected chi connectivity index (χ2v) is 16.9. The Kier molecular flexibility index (Phi) is 16.4. The Morgan fingerprint density at radius 2 is 1.24 bits per heavy atom. The monoisotopic (exact) mass is 693 g/mol. The van der Waals surface area contributed by atoms with Crippen molar-refractivity contribution in [1.82, 2.24) is 0 Å². The van der Waals surface area contributed by atoms with E-state index in [-0.39, 0.29) is 36.1 Å². The Morgan fingerprint density at radius 3 is 1.76 bits per heavy atom. The molecule has 2 heterocycles. The van der Waals surface area contributed by atoms with Crippen molar-refractivity contribution in [3.8, 4) is 0 Å². The molecule has 3 rings (SSSR count). The number of aliphatic hydroxyl groups is 1. The molecule has 49 heavy (non-hydrogen) atoms. The van der Waals surface area contributed by atoms with E-state index in [1.165, 1.54) is 84.5 Å². The van der Waals surface area contributed by atoms with Gasteiger partial charge >= 0.3 is 17.9 Å². The summed E-state index contributed by atoms with van der Waals surface area (Å²) >= 11 is 0. The summed E-state index contributed by atoms with van der Waals surface area (Å²) in [4.78, 5) is 38.1. The molecule has 284 valence electrons. The van der Waals surface area contributed by atoms with Gasteiger partial charge in [-0.15, -0.1) is 0 Å². The third-order valence-corrected chi connectivity index (χ3v) is 12.1. The molecular formula is C41H72O8. The van der Waals surface area contributed by atoms with Crippen molar-refractivity contribution in [2.24, 2.45) is 23.7 Å². The van der Waals surface area contributed by atoms with Crippen LogP contribution in [0.15, 0.2) is 0 Å². The molecule has 1 N–H and O–H groups in total. The predicted octanol–water partition coefficient (Wildman–Crippen LogP) is 9.41. The molecule has 2 bridgehead atoms. The lowest BCUT2D eigenvalue weighted by Crippen LogP contribution is -2.58. The first-order valence-electron chi connectivity index (χ1n) is 20.1. The van der Waals surface area contributed by atoms with E-state index in [2.05, 4.69) is 20.8 Å². The van der Waals surface area contributed by atoms with Crippen molar-refractivity contribution in [2.75, 3.05) is 0 Å². The highest BCUT2D eigenvalue weighted by molar-refractivity contribution is 5.69. The molecule has 0 unspecified atom stereocenters. The molecule has 0 spiro atoms. The lowest BCUT2D eigenvalue weighted by Gasteiger charge is -2.51. The number of rotatable bonds is 19. The number of fused-ring (bicyclic) bond motifs is 5. The van der Waals surface area contributed by atoms with Crippen molar-refractivity contribution in [1.29, 1.82) is 0 Å². The molecule has 2 aliphatic heterocycles. The summed E-state index contributed by atoms with van der Waals surface area (Å²) in [6.07, 6.45) is 18.6. The molecule has 9 atom stereocenters. The van der Waals surface area contributed by atoms with Crippen LogP contribution in [0.1, 0.15) is 184 Å². The van der Waals surface area contributed by atoms with Crippen LogP contribution in [0.4, 0.5) is 0 Å². The number of hydrogen-bond acceptors (Lipinski definition) is 8. The summed E-state index contributed by atoms with van der Waals surface area (Å²) in [5.41, 5.74) is -3.20. The van der Waals surface area contributed by atoms with Crippen LogP contribution >= 0.6 is 0 Å². The Morgan fingerprint density at radius 1 is 0.755 bits per heavy atom. The molecule has 1 aliphatic carbocycles. The van der Waals surface area contributed by atoms with Crippen LogP contribution in [0, 0.1) is 23.7 Å². The molecule has 8 heteroatoms. The van der Waals surface area contributed by atoms with Gasteiger partial charge in [0.15, 0.2) is 0 Å². The quantitative estimate of drug-likeness (QED) is 0.0811. The molecule has 3 aliphatic rings. The summed E-state index contributed by atoms with van der Waals surface area (Å²) < 4.78 is 25.1. The zero-order chi connectivity index (χ0) is 36.2. The summed E-state index contributed by atoms with van der Waals surface area (Å²) in [7, 11) is 0. The van der Waals surface area contributed by atoms with Crippen LogP contribution in [0.3, 0.4) is 0 Å². The second kappa shape index (κ2) is 19.2. The average Bonchev–Trinajstić information content (AvgIpc) is 3.39.